The van der Waals surface area contributed by atoms with Crippen LogP contribution in [0.5, 0.6) is 0 Å². The molecule has 0 radical (unpaired) electrons. The number of hydrazine groups is 1. The maximum absolute atomic E-state index is 13.0. The number of fused-ring (bicyclic) bond motifs is 1. The first kappa shape index (κ1) is 31.2. The second-order valence-electron chi connectivity index (χ2n) is 10.8. The highest BCUT2D eigenvalue weighted by atomic mass is 32.2. The summed E-state index contributed by atoms with van der Waals surface area (Å²) in [4.78, 5) is 41.7. The average molecular weight is 573 g/mol. The van der Waals surface area contributed by atoms with Crippen molar-refractivity contribution in [3.8, 4) is 0 Å². The van der Waals surface area contributed by atoms with Crippen LogP contribution >= 0.6 is 0 Å². The van der Waals surface area contributed by atoms with Crippen molar-refractivity contribution < 1.29 is 22.8 Å². The fourth-order valence-electron chi connectivity index (χ4n) is 4.41. The lowest BCUT2D eigenvalue weighted by atomic mass is 10.00. The number of carbonyl (C=O) groups is 3. The van der Waals surface area contributed by atoms with Crippen LogP contribution in [0.3, 0.4) is 0 Å². The van der Waals surface area contributed by atoms with Gasteiger partial charge in [0.15, 0.2) is 0 Å². The minimum atomic E-state index is -3.88. The molecule has 3 amide bonds. The molecule has 1 aromatic heterocycles. The summed E-state index contributed by atoms with van der Waals surface area (Å²) < 4.78 is 28.2. The van der Waals surface area contributed by atoms with Gasteiger partial charge in [-0.05, 0) is 54.7 Å². The molecule has 1 saturated heterocycles. The number of hydrogen-bond acceptors (Lipinski definition) is 7. The molecule has 5 N–H and O–H groups in total. The van der Waals surface area contributed by atoms with Gasteiger partial charge in [0.2, 0.25) is 21.8 Å². The Morgan fingerprint density at radius 2 is 1.88 bits per heavy atom. The average Bonchev–Trinajstić information content (AvgIpc) is 2.90. The largest absolute Gasteiger partial charge is 0.368 e. The molecule has 1 aromatic carbocycles. The third kappa shape index (κ3) is 8.33. The number of aromatic nitrogens is 1. The van der Waals surface area contributed by atoms with E-state index in [1.165, 1.54) is 23.6 Å². The van der Waals surface area contributed by atoms with Crippen LogP contribution in [0.15, 0.2) is 36.5 Å². The highest BCUT2D eigenvalue weighted by molar-refractivity contribution is 7.89. The number of sulfonamides is 1. The van der Waals surface area contributed by atoms with Crippen molar-refractivity contribution >= 4 is 44.6 Å². The van der Waals surface area contributed by atoms with Crippen LogP contribution < -0.4 is 21.2 Å². The van der Waals surface area contributed by atoms with Crippen LogP contribution in [0.4, 0.5) is 0 Å². The molecule has 2 heterocycles. The molecule has 1 fully saturated rings. The lowest BCUT2D eigenvalue weighted by Crippen LogP contribution is -2.61. The van der Waals surface area contributed by atoms with E-state index in [2.05, 4.69) is 46.4 Å². The third-order valence-corrected chi connectivity index (χ3v) is 8.06. The van der Waals surface area contributed by atoms with Gasteiger partial charge in [-0.25, -0.2) is 18.6 Å². The molecule has 218 valence electrons. The number of benzene rings is 1. The summed E-state index contributed by atoms with van der Waals surface area (Å²) in [6, 6.07) is 5.40. The predicted molar refractivity (Wildman–Crippen MR) is 155 cm³/mol. The molecular weight excluding hydrogens is 532 g/mol. The van der Waals surface area contributed by atoms with Gasteiger partial charge in [-0.2, -0.15) is 0 Å². The zero-order chi connectivity index (χ0) is 29.6. The van der Waals surface area contributed by atoms with Crippen molar-refractivity contribution in [2.45, 2.75) is 71.5 Å². The van der Waals surface area contributed by atoms with Crippen LogP contribution in [0, 0.1) is 5.92 Å². The quantitative estimate of drug-likeness (QED) is 0.319. The Balaban J connectivity index is 1.62. The Labute approximate surface area is 236 Å². The molecule has 3 rings (SSSR count). The van der Waals surface area contributed by atoms with Gasteiger partial charge in [-0.1, -0.05) is 52.0 Å². The molecule has 3 unspecified atom stereocenters. The number of nitrogens with two attached hydrogens (primary N) is 1. The first-order valence-electron chi connectivity index (χ1n) is 13.5. The highest BCUT2D eigenvalue weighted by Crippen LogP contribution is 2.22. The van der Waals surface area contributed by atoms with Gasteiger partial charge in [0, 0.05) is 18.1 Å². The van der Waals surface area contributed by atoms with E-state index < -0.39 is 45.9 Å². The predicted octanol–water partition coefficient (Wildman–Crippen LogP) is 1.80. The van der Waals surface area contributed by atoms with Gasteiger partial charge >= 0.3 is 0 Å². The second-order valence-corrected chi connectivity index (χ2v) is 12.6. The van der Waals surface area contributed by atoms with Crippen LogP contribution in [0.25, 0.3) is 16.8 Å². The van der Waals surface area contributed by atoms with Gasteiger partial charge in [0.05, 0.1) is 11.4 Å². The van der Waals surface area contributed by atoms with Crippen molar-refractivity contribution in [3.05, 3.63) is 47.8 Å². The molecule has 0 bridgehead atoms. The van der Waals surface area contributed by atoms with Crippen molar-refractivity contribution in [3.63, 3.8) is 0 Å². The summed E-state index contributed by atoms with van der Waals surface area (Å²) in [5.41, 5.74) is 9.95. The fourth-order valence-corrected chi connectivity index (χ4v) is 5.62. The maximum atomic E-state index is 13.0. The summed E-state index contributed by atoms with van der Waals surface area (Å²) >= 11 is 0. The third-order valence-electron chi connectivity index (χ3n) is 6.82. The Hall–Kier alpha value is -3.35. The fraction of sp³-hybridized carbons (Fsp3) is 0.500. The number of nitrogens with one attached hydrogen (secondary N) is 3. The van der Waals surface area contributed by atoms with E-state index in [4.69, 9.17) is 5.73 Å². The van der Waals surface area contributed by atoms with E-state index in [0.717, 1.165) is 10.8 Å². The summed E-state index contributed by atoms with van der Waals surface area (Å²) in [5, 5.41) is 5.89. The van der Waals surface area contributed by atoms with E-state index in [9.17, 15) is 22.8 Å². The van der Waals surface area contributed by atoms with E-state index in [-0.39, 0.29) is 11.7 Å². The molecule has 1 aliphatic rings. The second kappa shape index (κ2) is 13.3. The lowest BCUT2D eigenvalue weighted by molar-refractivity contribution is -0.142. The lowest BCUT2D eigenvalue weighted by Gasteiger charge is -2.34. The molecule has 11 nitrogen and oxygen atoms in total. The molecular formula is C28H40N6O5S. The molecule has 1 aliphatic heterocycles. The van der Waals surface area contributed by atoms with E-state index in [1.54, 1.807) is 26.1 Å². The van der Waals surface area contributed by atoms with Crippen LogP contribution in [-0.2, 0) is 24.4 Å². The maximum Gasteiger partial charge on any atom is 0.258 e. The van der Waals surface area contributed by atoms with Crippen LogP contribution in [0.1, 0.15) is 64.6 Å². The van der Waals surface area contributed by atoms with Crippen molar-refractivity contribution in [2.24, 2.45) is 11.7 Å². The number of primary amides is 1. The van der Waals surface area contributed by atoms with E-state index in [1.807, 2.05) is 12.1 Å². The normalized spacial score (nSPS) is 17.9. The molecule has 40 heavy (non-hydrogen) atoms. The van der Waals surface area contributed by atoms with Gasteiger partial charge in [-0.3, -0.25) is 24.4 Å². The number of carbonyl (C=O) groups excluding carboxylic acids is 3. The monoisotopic (exact) mass is 572 g/mol. The minimum absolute atomic E-state index is 0.351. The Bertz CT molecular complexity index is 1370. The first-order valence-corrected chi connectivity index (χ1v) is 15.2. The summed E-state index contributed by atoms with van der Waals surface area (Å²) in [5.74, 6) is -1.98. The Morgan fingerprint density at radius 1 is 1.15 bits per heavy atom. The molecule has 3 atom stereocenters. The number of rotatable bonds is 11. The van der Waals surface area contributed by atoms with E-state index in [0.29, 0.717) is 31.0 Å². The minimum Gasteiger partial charge on any atom is -0.368 e. The molecule has 12 heteroatoms. The first-order chi connectivity index (χ1) is 18.8. The van der Waals surface area contributed by atoms with E-state index >= 15 is 0 Å². The topological polar surface area (TPSA) is 164 Å². The molecule has 0 aliphatic carbocycles. The number of hydrogen-bond donors (Lipinski definition) is 4. The van der Waals surface area contributed by atoms with Gasteiger partial charge in [0.1, 0.15) is 18.1 Å². The zero-order valence-electron chi connectivity index (χ0n) is 23.7. The van der Waals surface area contributed by atoms with Crippen molar-refractivity contribution in [1.82, 2.24) is 25.5 Å². The number of pyridine rings is 1. The van der Waals surface area contributed by atoms with Crippen molar-refractivity contribution in [1.29, 1.82) is 0 Å². The number of amides is 3. The van der Waals surface area contributed by atoms with Crippen LogP contribution in [-0.4, -0.2) is 66.6 Å². The Kier molecular flexibility index (Phi) is 10.4. The standard InChI is InChI=1S/C28H40N6O5S/c1-17(2)20-10-11-21-16-30-23(15-22(21)14-20)8-7-13-40(38,39)33-25(18(3)4)27(36)31-19(5)28(37)34-12-6-9-24(32-34)26(29)35/h7-8,10-11,14-19,24-25,32-33H,6,9,12-13H2,1-5H3,(H2,29,35)(H,31,36). The molecule has 2 aromatic rings. The summed E-state index contributed by atoms with van der Waals surface area (Å²) in [6.07, 6.45) is 5.98. The number of nitrogens with zero attached hydrogens (tertiary/aromatic N) is 2. The van der Waals surface area contributed by atoms with Gasteiger partial charge < -0.3 is 11.1 Å². The summed E-state index contributed by atoms with van der Waals surface area (Å²) in [6.45, 7) is 9.53. The molecule has 0 saturated carbocycles. The highest BCUT2D eigenvalue weighted by Gasteiger charge is 2.32. The SMILES string of the molecule is CC(NC(=O)C(NS(=O)(=O)CC=Cc1cc2cc(C(C)C)ccc2cn1)C(C)C)C(=O)N1CCCC(C(N)=O)N1. The van der Waals surface area contributed by atoms with Crippen molar-refractivity contribution in [2.75, 3.05) is 12.3 Å². The zero-order valence-corrected chi connectivity index (χ0v) is 24.5. The molecule has 0 spiro atoms. The van der Waals surface area contributed by atoms with Gasteiger partial charge in [-0.15, -0.1) is 0 Å². The van der Waals surface area contributed by atoms with Crippen LogP contribution in [0.2, 0.25) is 0 Å². The summed E-state index contributed by atoms with van der Waals surface area (Å²) in [7, 11) is -3.88. The smallest absolute Gasteiger partial charge is 0.258 e. The Morgan fingerprint density at radius 3 is 2.52 bits per heavy atom. The van der Waals surface area contributed by atoms with Gasteiger partial charge in [0.25, 0.3) is 5.91 Å².